The number of halogens is 2. The number of rotatable bonds is 6. The molecule has 0 aliphatic rings. The molecule has 18 heavy (non-hydrogen) atoms. The second-order valence-electron chi connectivity index (χ2n) is 5.26. The summed E-state index contributed by atoms with van der Waals surface area (Å²) in [6.45, 7) is 9.76. The lowest BCUT2D eigenvalue weighted by atomic mass is 9.93. The highest BCUT2D eigenvalue weighted by Crippen LogP contribution is 2.21. The van der Waals surface area contributed by atoms with Crippen LogP contribution in [0.1, 0.15) is 26.3 Å². The van der Waals surface area contributed by atoms with Crippen molar-refractivity contribution in [1.29, 1.82) is 0 Å². The maximum absolute atomic E-state index is 6.09. The summed E-state index contributed by atoms with van der Waals surface area (Å²) in [6, 6.07) is 3.69. The first-order valence-corrected chi connectivity index (χ1v) is 6.87. The number of nitrogens with zero attached hydrogens (tertiary/aromatic N) is 2. The summed E-state index contributed by atoms with van der Waals surface area (Å²) >= 11 is 11.9. The van der Waals surface area contributed by atoms with Gasteiger partial charge in [-0.25, -0.2) is 4.98 Å². The van der Waals surface area contributed by atoms with Crippen molar-refractivity contribution in [3.05, 3.63) is 28.0 Å². The molecule has 0 fully saturated rings. The topological polar surface area (TPSA) is 42.2 Å². The lowest BCUT2D eigenvalue weighted by molar-refractivity contribution is 0.183. The zero-order chi connectivity index (χ0) is 13.8. The van der Waals surface area contributed by atoms with Crippen molar-refractivity contribution in [2.45, 2.75) is 27.3 Å². The predicted molar refractivity (Wildman–Crippen MR) is 78.0 cm³/mol. The molecule has 0 aliphatic carbocycles. The lowest BCUT2D eigenvalue weighted by Gasteiger charge is -2.31. The third-order valence-electron chi connectivity index (χ3n) is 2.94. The van der Waals surface area contributed by atoms with Crippen LogP contribution in [-0.4, -0.2) is 29.5 Å². The molecule has 0 bridgehead atoms. The van der Waals surface area contributed by atoms with Crippen LogP contribution in [0.25, 0.3) is 0 Å². The first-order chi connectivity index (χ1) is 8.38. The van der Waals surface area contributed by atoms with Gasteiger partial charge in [-0.3, -0.25) is 4.90 Å². The minimum atomic E-state index is 0.0995. The van der Waals surface area contributed by atoms with Crippen LogP contribution in [0.3, 0.4) is 0 Å². The minimum absolute atomic E-state index is 0.0995. The molecule has 102 valence electrons. The highest BCUT2D eigenvalue weighted by Gasteiger charge is 2.20. The number of hydrogen-bond acceptors (Lipinski definition) is 3. The molecule has 0 atom stereocenters. The molecular weight excluding hydrogens is 269 g/mol. The van der Waals surface area contributed by atoms with Crippen molar-refractivity contribution in [2.75, 3.05) is 19.6 Å². The van der Waals surface area contributed by atoms with Gasteiger partial charge in [0.15, 0.2) is 0 Å². The summed E-state index contributed by atoms with van der Waals surface area (Å²) in [5.41, 5.74) is 6.87. The molecule has 0 radical (unpaired) electrons. The van der Waals surface area contributed by atoms with E-state index in [0.717, 1.165) is 25.2 Å². The van der Waals surface area contributed by atoms with Crippen LogP contribution in [0.15, 0.2) is 12.1 Å². The number of nitrogens with two attached hydrogens (primary N) is 1. The highest BCUT2D eigenvalue weighted by molar-refractivity contribution is 6.32. The molecule has 0 saturated heterocycles. The van der Waals surface area contributed by atoms with E-state index in [2.05, 4.69) is 30.7 Å². The Kier molecular flexibility index (Phi) is 5.86. The molecule has 0 aliphatic heterocycles. The van der Waals surface area contributed by atoms with Gasteiger partial charge in [0.25, 0.3) is 0 Å². The SMILES string of the molecule is CCN(Cc1ccc(Cl)nc1Cl)CC(C)(C)CN. The lowest BCUT2D eigenvalue weighted by Crippen LogP contribution is -2.38. The molecule has 2 N–H and O–H groups in total. The third kappa shape index (κ3) is 4.73. The van der Waals surface area contributed by atoms with E-state index in [4.69, 9.17) is 28.9 Å². The minimum Gasteiger partial charge on any atom is -0.330 e. The van der Waals surface area contributed by atoms with E-state index in [9.17, 15) is 0 Å². The van der Waals surface area contributed by atoms with E-state index < -0.39 is 0 Å². The first kappa shape index (κ1) is 15.7. The normalized spacial score (nSPS) is 12.2. The number of pyridine rings is 1. The molecule has 3 nitrogen and oxygen atoms in total. The van der Waals surface area contributed by atoms with Crippen molar-refractivity contribution >= 4 is 23.2 Å². The summed E-state index contributed by atoms with van der Waals surface area (Å²) < 4.78 is 0. The fraction of sp³-hybridized carbons (Fsp3) is 0.615. The van der Waals surface area contributed by atoms with Crippen LogP contribution in [0, 0.1) is 5.41 Å². The maximum atomic E-state index is 6.09. The summed E-state index contributed by atoms with van der Waals surface area (Å²) in [6.07, 6.45) is 0. The van der Waals surface area contributed by atoms with Crippen molar-refractivity contribution < 1.29 is 0 Å². The monoisotopic (exact) mass is 289 g/mol. The van der Waals surface area contributed by atoms with E-state index in [1.54, 1.807) is 6.07 Å². The number of hydrogen-bond donors (Lipinski definition) is 1. The van der Waals surface area contributed by atoms with Crippen LogP contribution in [0.5, 0.6) is 0 Å². The highest BCUT2D eigenvalue weighted by atomic mass is 35.5. The van der Waals surface area contributed by atoms with E-state index >= 15 is 0 Å². The van der Waals surface area contributed by atoms with Crippen LogP contribution in [-0.2, 0) is 6.54 Å². The smallest absolute Gasteiger partial charge is 0.135 e. The molecule has 0 amide bonds. The summed E-state index contributed by atoms with van der Waals surface area (Å²) in [7, 11) is 0. The molecule has 0 unspecified atom stereocenters. The Labute approximate surface area is 119 Å². The van der Waals surface area contributed by atoms with E-state index in [1.807, 2.05) is 6.07 Å². The van der Waals surface area contributed by atoms with Gasteiger partial charge in [0, 0.05) is 18.7 Å². The summed E-state index contributed by atoms with van der Waals surface area (Å²) in [5, 5.41) is 0.903. The van der Waals surface area contributed by atoms with Gasteiger partial charge in [-0.2, -0.15) is 0 Å². The molecule has 0 spiro atoms. The molecule has 1 heterocycles. The fourth-order valence-electron chi connectivity index (χ4n) is 1.75. The average Bonchev–Trinajstić information content (AvgIpc) is 2.31. The fourth-order valence-corrected chi connectivity index (χ4v) is 2.15. The quantitative estimate of drug-likeness (QED) is 0.818. The zero-order valence-electron chi connectivity index (χ0n) is 11.2. The van der Waals surface area contributed by atoms with Gasteiger partial charge >= 0.3 is 0 Å². The van der Waals surface area contributed by atoms with Gasteiger partial charge in [-0.05, 0) is 24.6 Å². The van der Waals surface area contributed by atoms with Gasteiger partial charge in [0.05, 0.1) is 0 Å². The van der Waals surface area contributed by atoms with Crippen molar-refractivity contribution in [3.8, 4) is 0 Å². The maximum Gasteiger partial charge on any atom is 0.135 e. The number of aromatic nitrogens is 1. The van der Waals surface area contributed by atoms with Crippen molar-refractivity contribution in [1.82, 2.24) is 9.88 Å². The summed E-state index contributed by atoms with van der Waals surface area (Å²) in [5.74, 6) is 0. The molecule has 1 aromatic rings. The zero-order valence-corrected chi connectivity index (χ0v) is 12.7. The predicted octanol–water partition coefficient (Wildman–Crippen LogP) is 3.20. The molecule has 1 rings (SSSR count). The van der Waals surface area contributed by atoms with Crippen LogP contribution in [0.4, 0.5) is 0 Å². The standard InChI is InChI=1S/C13H21Cl2N3/c1-4-18(9-13(2,3)8-16)7-10-5-6-11(14)17-12(10)15/h5-6H,4,7-9,16H2,1-3H3. The second-order valence-corrected chi connectivity index (χ2v) is 6.00. The summed E-state index contributed by atoms with van der Waals surface area (Å²) in [4.78, 5) is 6.37. The van der Waals surface area contributed by atoms with Gasteiger partial charge in [-0.15, -0.1) is 0 Å². The van der Waals surface area contributed by atoms with E-state index in [0.29, 0.717) is 16.9 Å². The third-order valence-corrected chi connectivity index (χ3v) is 3.48. The van der Waals surface area contributed by atoms with E-state index in [1.165, 1.54) is 0 Å². The largest absolute Gasteiger partial charge is 0.330 e. The van der Waals surface area contributed by atoms with Crippen molar-refractivity contribution in [2.24, 2.45) is 11.1 Å². The van der Waals surface area contributed by atoms with Gasteiger partial charge in [0.1, 0.15) is 10.3 Å². The molecule has 0 saturated carbocycles. The van der Waals surface area contributed by atoms with E-state index in [-0.39, 0.29) is 5.41 Å². The Morgan fingerprint density at radius 1 is 1.33 bits per heavy atom. The molecule has 5 heteroatoms. The molecular formula is C13H21Cl2N3. The molecule has 0 aromatic carbocycles. The van der Waals surface area contributed by atoms with Crippen LogP contribution < -0.4 is 5.73 Å². The van der Waals surface area contributed by atoms with Crippen molar-refractivity contribution in [3.63, 3.8) is 0 Å². The van der Waals surface area contributed by atoms with Crippen LogP contribution >= 0.6 is 23.2 Å². The molecule has 1 aromatic heterocycles. The average molecular weight is 290 g/mol. The first-order valence-electron chi connectivity index (χ1n) is 6.11. The van der Waals surface area contributed by atoms with Gasteiger partial charge in [0.2, 0.25) is 0 Å². The Hall–Kier alpha value is -0.350. The Bertz CT molecular complexity index is 394. The second kappa shape index (κ2) is 6.71. The Balaban J connectivity index is 2.74. The van der Waals surface area contributed by atoms with Gasteiger partial charge < -0.3 is 5.73 Å². The Morgan fingerprint density at radius 2 is 2.00 bits per heavy atom. The Morgan fingerprint density at radius 3 is 2.50 bits per heavy atom. The van der Waals surface area contributed by atoms with Crippen LogP contribution in [0.2, 0.25) is 10.3 Å². The van der Waals surface area contributed by atoms with Gasteiger partial charge in [-0.1, -0.05) is 50.0 Å².